The van der Waals surface area contributed by atoms with Gasteiger partial charge in [-0.25, -0.2) is 9.78 Å². The van der Waals surface area contributed by atoms with E-state index in [0.717, 1.165) is 16.2 Å². The third kappa shape index (κ3) is 2.89. The molecule has 0 aliphatic heterocycles. The quantitative estimate of drug-likeness (QED) is 0.886. The fourth-order valence-electron chi connectivity index (χ4n) is 1.13. The number of carbonyl (C=O) groups excluding carboxylic acids is 1. The lowest BCUT2D eigenvalue weighted by atomic mass is 10.4. The van der Waals surface area contributed by atoms with E-state index in [2.05, 4.69) is 10.3 Å². The molecule has 1 amide bonds. The molecule has 0 spiro atoms. The zero-order valence-electron chi connectivity index (χ0n) is 8.54. The van der Waals surface area contributed by atoms with Crippen LogP contribution < -0.4 is 5.32 Å². The van der Waals surface area contributed by atoms with Crippen molar-refractivity contribution in [3.05, 3.63) is 38.5 Å². The Morgan fingerprint density at radius 2 is 2.24 bits per heavy atom. The smallest absolute Gasteiger partial charge is 0.355 e. The maximum absolute atomic E-state index is 11.6. The molecule has 17 heavy (non-hydrogen) atoms. The molecule has 0 saturated carbocycles. The Morgan fingerprint density at radius 1 is 1.41 bits per heavy atom. The summed E-state index contributed by atoms with van der Waals surface area (Å²) in [5, 5.41) is 14.8. The lowest BCUT2D eigenvalue weighted by Crippen LogP contribution is -2.22. The van der Waals surface area contributed by atoms with Gasteiger partial charge in [-0.1, -0.05) is 6.07 Å². The molecule has 2 aromatic rings. The molecule has 0 unspecified atom stereocenters. The number of hydrogen-bond acceptors (Lipinski definition) is 5. The fourth-order valence-corrected chi connectivity index (χ4v) is 2.48. The van der Waals surface area contributed by atoms with Crippen LogP contribution in [-0.4, -0.2) is 22.0 Å². The zero-order chi connectivity index (χ0) is 12.3. The van der Waals surface area contributed by atoms with Gasteiger partial charge in [0.25, 0.3) is 5.91 Å². The number of rotatable bonds is 4. The van der Waals surface area contributed by atoms with Crippen LogP contribution in [0.4, 0.5) is 0 Å². The van der Waals surface area contributed by atoms with Gasteiger partial charge in [0, 0.05) is 10.3 Å². The zero-order valence-corrected chi connectivity index (χ0v) is 10.2. The Balaban J connectivity index is 1.97. The third-order valence-corrected chi connectivity index (χ3v) is 3.64. The van der Waals surface area contributed by atoms with Crippen LogP contribution >= 0.6 is 22.7 Å². The number of nitrogens with one attached hydrogen (secondary N) is 1. The van der Waals surface area contributed by atoms with Crippen molar-refractivity contribution < 1.29 is 14.7 Å². The Hall–Kier alpha value is -1.73. The highest BCUT2D eigenvalue weighted by Crippen LogP contribution is 2.11. The molecule has 7 heteroatoms. The van der Waals surface area contributed by atoms with Gasteiger partial charge in [0.05, 0.1) is 6.54 Å². The lowest BCUT2D eigenvalue weighted by molar-refractivity contribution is 0.0691. The summed E-state index contributed by atoms with van der Waals surface area (Å²) in [4.78, 5) is 27.0. The van der Waals surface area contributed by atoms with E-state index in [1.165, 1.54) is 5.38 Å². The third-order valence-electron chi connectivity index (χ3n) is 1.92. The number of nitrogens with zero attached hydrogens (tertiary/aromatic N) is 1. The molecular formula is C10H8N2O3S2. The van der Waals surface area contributed by atoms with E-state index in [-0.39, 0.29) is 16.6 Å². The van der Waals surface area contributed by atoms with E-state index in [1.54, 1.807) is 11.3 Å². The Bertz CT molecular complexity index is 534. The Labute approximate surface area is 105 Å². The van der Waals surface area contributed by atoms with Gasteiger partial charge in [-0.3, -0.25) is 4.79 Å². The van der Waals surface area contributed by atoms with E-state index in [0.29, 0.717) is 6.54 Å². The number of aromatic carboxylic acids is 1. The second kappa shape index (κ2) is 5.07. The highest BCUT2D eigenvalue weighted by atomic mass is 32.1. The summed E-state index contributed by atoms with van der Waals surface area (Å²) in [6.45, 7) is 0.429. The van der Waals surface area contributed by atoms with Gasteiger partial charge < -0.3 is 10.4 Å². The van der Waals surface area contributed by atoms with Crippen LogP contribution in [0.25, 0.3) is 0 Å². The number of carbonyl (C=O) groups is 2. The largest absolute Gasteiger partial charge is 0.476 e. The van der Waals surface area contributed by atoms with Crippen molar-refractivity contribution in [1.82, 2.24) is 10.3 Å². The minimum atomic E-state index is -1.13. The highest BCUT2D eigenvalue weighted by Gasteiger charge is 2.14. The SMILES string of the molecule is O=C(O)c1csc(C(=O)NCc2cccs2)n1. The number of hydrogen-bond donors (Lipinski definition) is 2. The first-order chi connectivity index (χ1) is 8.16. The van der Waals surface area contributed by atoms with Gasteiger partial charge in [-0.15, -0.1) is 22.7 Å². The first kappa shape index (κ1) is 11.7. The van der Waals surface area contributed by atoms with Crippen LogP contribution in [0.1, 0.15) is 25.2 Å². The van der Waals surface area contributed by atoms with E-state index in [9.17, 15) is 9.59 Å². The van der Waals surface area contributed by atoms with Gasteiger partial charge in [-0.2, -0.15) is 0 Å². The van der Waals surface area contributed by atoms with Crippen LogP contribution in [0.5, 0.6) is 0 Å². The van der Waals surface area contributed by atoms with Gasteiger partial charge in [0.15, 0.2) is 10.7 Å². The predicted molar refractivity (Wildman–Crippen MR) is 64.6 cm³/mol. The second-order valence-corrected chi connectivity index (χ2v) is 5.00. The first-order valence-electron chi connectivity index (χ1n) is 4.66. The van der Waals surface area contributed by atoms with Crippen molar-refractivity contribution in [2.24, 2.45) is 0 Å². The van der Waals surface area contributed by atoms with E-state index >= 15 is 0 Å². The van der Waals surface area contributed by atoms with Gasteiger partial charge >= 0.3 is 5.97 Å². The molecule has 0 aromatic carbocycles. The molecule has 0 fully saturated rings. The normalized spacial score (nSPS) is 10.1. The summed E-state index contributed by atoms with van der Waals surface area (Å²) in [5.74, 6) is -1.48. The van der Waals surface area contributed by atoms with Crippen molar-refractivity contribution in [1.29, 1.82) is 0 Å². The summed E-state index contributed by atoms with van der Waals surface area (Å²) in [6.07, 6.45) is 0. The molecule has 0 aliphatic carbocycles. The number of amides is 1. The van der Waals surface area contributed by atoms with Gasteiger partial charge in [-0.05, 0) is 11.4 Å². The fraction of sp³-hybridized carbons (Fsp3) is 0.100. The molecule has 0 radical (unpaired) electrons. The predicted octanol–water partition coefficient (Wildman–Crippen LogP) is 1.83. The molecule has 0 aliphatic rings. The molecule has 2 N–H and O–H groups in total. The number of aromatic nitrogens is 1. The number of thiophene rings is 1. The molecule has 2 rings (SSSR count). The molecule has 5 nitrogen and oxygen atoms in total. The van der Waals surface area contributed by atoms with Crippen molar-refractivity contribution in [2.45, 2.75) is 6.54 Å². The number of carboxylic acids is 1. The van der Waals surface area contributed by atoms with Crippen LogP contribution in [0.3, 0.4) is 0 Å². The van der Waals surface area contributed by atoms with Crippen molar-refractivity contribution in [2.75, 3.05) is 0 Å². The molecule has 0 saturated heterocycles. The van der Waals surface area contributed by atoms with Crippen LogP contribution in [0, 0.1) is 0 Å². The number of thiazole rings is 1. The molecule has 88 valence electrons. The van der Waals surface area contributed by atoms with Crippen LogP contribution in [0.15, 0.2) is 22.9 Å². The minimum absolute atomic E-state index is 0.101. The standard InChI is InChI=1S/C10H8N2O3S2/c13-8(11-4-6-2-1-3-16-6)9-12-7(5-17-9)10(14)15/h1-3,5H,4H2,(H,11,13)(H,14,15). The average Bonchev–Trinajstić information content (AvgIpc) is 2.96. The second-order valence-electron chi connectivity index (χ2n) is 3.11. The first-order valence-corrected chi connectivity index (χ1v) is 6.42. The maximum atomic E-state index is 11.6. The summed E-state index contributed by atoms with van der Waals surface area (Å²) >= 11 is 2.57. The maximum Gasteiger partial charge on any atom is 0.355 e. The number of carboxylic acid groups (broad SMARTS) is 1. The van der Waals surface area contributed by atoms with Crippen molar-refractivity contribution >= 4 is 34.6 Å². The molecule has 2 aromatic heterocycles. The van der Waals surface area contributed by atoms with Crippen molar-refractivity contribution in [3.63, 3.8) is 0 Å². The molecule has 0 bridgehead atoms. The summed E-state index contributed by atoms with van der Waals surface area (Å²) in [7, 11) is 0. The topological polar surface area (TPSA) is 79.3 Å². The monoisotopic (exact) mass is 268 g/mol. The highest BCUT2D eigenvalue weighted by molar-refractivity contribution is 7.12. The average molecular weight is 268 g/mol. The van der Waals surface area contributed by atoms with E-state index < -0.39 is 5.97 Å². The van der Waals surface area contributed by atoms with Crippen molar-refractivity contribution in [3.8, 4) is 0 Å². The molecule has 2 heterocycles. The van der Waals surface area contributed by atoms with E-state index in [4.69, 9.17) is 5.11 Å². The summed E-state index contributed by atoms with van der Waals surface area (Å²) < 4.78 is 0. The van der Waals surface area contributed by atoms with Gasteiger partial charge in [0.1, 0.15) is 0 Å². The summed E-state index contributed by atoms with van der Waals surface area (Å²) in [6, 6.07) is 3.81. The molecule has 0 atom stereocenters. The Morgan fingerprint density at radius 3 is 2.82 bits per heavy atom. The van der Waals surface area contributed by atoms with Crippen LogP contribution in [0.2, 0.25) is 0 Å². The van der Waals surface area contributed by atoms with Gasteiger partial charge in [0.2, 0.25) is 0 Å². The Kier molecular flexibility index (Phi) is 3.50. The van der Waals surface area contributed by atoms with Crippen LogP contribution in [-0.2, 0) is 6.54 Å². The van der Waals surface area contributed by atoms with E-state index in [1.807, 2.05) is 17.5 Å². The minimum Gasteiger partial charge on any atom is -0.476 e. The summed E-state index contributed by atoms with van der Waals surface area (Å²) in [5.41, 5.74) is -0.101. The lowest BCUT2D eigenvalue weighted by Gasteiger charge is -1.99. The molecular weight excluding hydrogens is 260 g/mol.